The normalized spacial score (nSPS) is 14.3. The molecular formula is C14H24N2O2S. The lowest BCUT2D eigenvalue weighted by atomic mass is 9.96. The molecule has 0 aromatic carbocycles. The predicted octanol–water partition coefficient (Wildman–Crippen LogP) is 1.82. The summed E-state index contributed by atoms with van der Waals surface area (Å²) >= 11 is 0. The Morgan fingerprint density at radius 2 is 1.89 bits per heavy atom. The van der Waals surface area contributed by atoms with Crippen LogP contribution in [0.2, 0.25) is 0 Å². The average molecular weight is 284 g/mol. The smallest absolute Gasteiger partial charge is 0.154 e. The summed E-state index contributed by atoms with van der Waals surface area (Å²) in [6.45, 7) is 6.46. The van der Waals surface area contributed by atoms with Crippen molar-refractivity contribution >= 4 is 9.84 Å². The van der Waals surface area contributed by atoms with Crippen molar-refractivity contribution in [3.8, 4) is 0 Å². The second kappa shape index (κ2) is 6.48. The number of aromatic nitrogens is 1. The molecule has 1 rings (SSSR count). The number of pyridine rings is 1. The quantitative estimate of drug-likeness (QED) is 0.829. The average Bonchev–Trinajstić information content (AvgIpc) is 2.34. The second-order valence-electron chi connectivity index (χ2n) is 5.44. The summed E-state index contributed by atoms with van der Waals surface area (Å²) in [6, 6.07) is 3.75. The Bertz CT molecular complexity index is 483. The largest absolute Gasteiger partial charge is 0.312 e. The van der Waals surface area contributed by atoms with Crippen LogP contribution in [-0.2, 0) is 16.3 Å². The summed E-state index contributed by atoms with van der Waals surface area (Å²) in [5, 5.41) is 3.37. The monoisotopic (exact) mass is 284 g/mol. The fourth-order valence-electron chi connectivity index (χ4n) is 1.90. The van der Waals surface area contributed by atoms with E-state index < -0.39 is 14.6 Å². The van der Waals surface area contributed by atoms with Crippen LogP contribution < -0.4 is 5.32 Å². The van der Waals surface area contributed by atoms with E-state index in [0.717, 1.165) is 18.5 Å². The van der Waals surface area contributed by atoms with Gasteiger partial charge in [0.15, 0.2) is 9.84 Å². The van der Waals surface area contributed by atoms with Crippen molar-refractivity contribution in [3.63, 3.8) is 0 Å². The van der Waals surface area contributed by atoms with Gasteiger partial charge in [-0.2, -0.15) is 0 Å². The molecule has 0 aliphatic heterocycles. The van der Waals surface area contributed by atoms with E-state index in [-0.39, 0.29) is 6.04 Å². The number of nitrogens with one attached hydrogen (secondary N) is 1. The molecule has 0 amide bonds. The summed E-state index contributed by atoms with van der Waals surface area (Å²) in [7, 11) is -3.13. The van der Waals surface area contributed by atoms with Crippen LogP contribution in [-0.4, -0.2) is 37.0 Å². The van der Waals surface area contributed by atoms with E-state index >= 15 is 0 Å². The van der Waals surface area contributed by atoms with E-state index in [4.69, 9.17) is 0 Å². The topological polar surface area (TPSA) is 59.1 Å². The van der Waals surface area contributed by atoms with E-state index in [0.29, 0.717) is 6.42 Å². The zero-order valence-corrected chi connectivity index (χ0v) is 13.0. The molecular weight excluding hydrogens is 260 g/mol. The van der Waals surface area contributed by atoms with Gasteiger partial charge >= 0.3 is 0 Å². The van der Waals surface area contributed by atoms with Crippen molar-refractivity contribution in [1.29, 1.82) is 0 Å². The predicted molar refractivity (Wildman–Crippen MR) is 78.9 cm³/mol. The molecule has 4 nitrogen and oxygen atoms in total. The Labute approximate surface area is 116 Å². The summed E-state index contributed by atoms with van der Waals surface area (Å²) in [5.74, 6) is 0. The Balaban J connectivity index is 2.95. The highest BCUT2D eigenvalue weighted by Gasteiger charge is 2.38. The zero-order chi connectivity index (χ0) is 14.5. The van der Waals surface area contributed by atoms with Crippen molar-refractivity contribution in [2.45, 2.75) is 44.4 Å². The maximum absolute atomic E-state index is 12.0. The van der Waals surface area contributed by atoms with E-state index in [2.05, 4.69) is 17.2 Å². The van der Waals surface area contributed by atoms with Crippen molar-refractivity contribution in [1.82, 2.24) is 10.3 Å². The Kier molecular flexibility index (Phi) is 5.50. The van der Waals surface area contributed by atoms with Crippen LogP contribution in [0.5, 0.6) is 0 Å². The van der Waals surface area contributed by atoms with Crippen LogP contribution in [0.3, 0.4) is 0 Å². The summed E-state index contributed by atoms with van der Waals surface area (Å²) < 4.78 is 23.2. The van der Waals surface area contributed by atoms with Gasteiger partial charge in [-0.3, -0.25) is 4.98 Å². The van der Waals surface area contributed by atoms with Gasteiger partial charge in [0.25, 0.3) is 0 Å². The molecule has 108 valence electrons. The first-order valence-corrected chi connectivity index (χ1v) is 8.50. The van der Waals surface area contributed by atoms with Crippen LogP contribution in [0.4, 0.5) is 0 Å². The van der Waals surface area contributed by atoms with E-state index in [1.807, 2.05) is 12.1 Å². The van der Waals surface area contributed by atoms with E-state index in [1.54, 1.807) is 26.2 Å². The molecule has 0 spiro atoms. The molecule has 1 aromatic heterocycles. The lowest BCUT2D eigenvalue weighted by molar-refractivity contribution is 0.406. The number of rotatable bonds is 7. The maximum atomic E-state index is 12.0. The minimum Gasteiger partial charge on any atom is -0.312 e. The van der Waals surface area contributed by atoms with Crippen LogP contribution in [0.15, 0.2) is 24.5 Å². The first-order chi connectivity index (χ1) is 8.79. The molecule has 0 bridgehead atoms. The first-order valence-electron chi connectivity index (χ1n) is 6.61. The lowest BCUT2D eigenvalue weighted by Crippen LogP contribution is -2.52. The molecule has 1 aromatic rings. The molecule has 1 atom stereocenters. The van der Waals surface area contributed by atoms with Gasteiger partial charge in [-0.1, -0.05) is 6.92 Å². The van der Waals surface area contributed by atoms with Gasteiger partial charge in [-0.05, 0) is 50.9 Å². The fourth-order valence-corrected chi connectivity index (χ4v) is 2.58. The summed E-state index contributed by atoms with van der Waals surface area (Å²) in [6.07, 6.45) is 6.44. The van der Waals surface area contributed by atoms with Crippen LogP contribution in [0.25, 0.3) is 0 Å². The molecule has 0 aliphatic carbocycles. The highest BCUT2D eigenvalue weighted by molar-refractivity contribution is 7.92. The third-order valence-corrected chi connectivity index (χ3v) is 5.82. The molecule has 0 aliphatic rings. The molecule has 0 radical (unpaired) electrons. The molecule has 19 heavy (non-hydrogen) atoms. The SMILES string of the molecule is CCCNC(Cc1ccncc1)C(C)(C)S(C)(=O)=O. The third kappa shape index (κ3) is 4.28. The van der Waals surface area contributed by atoms with Crippen LogP contribution >= 0.6 is 0 Å². The van der Waals surface area contributed by atoms with Gasteiger partial charge in [-0.15, -0.1) is 0 Å². The van der Waals surface area contributed by atoms with Crippen molar-refractivity contribution < 1.29 is 8.42 Å². The highest BCUT2D eigenvalue weighted by atomic mass is 32.2. The van der Waals surface area contributed by atoms with Crippen LogP contribution in [0.1, 0.15) is 32.8 Å². The molecule has 1 heterocycles. The third-order valence-electron chi connectivity index (χ3n) is 3.62. The van der Waals surface area contributed by atoms with E-state index in [9.17, 15) is 8.42 Å². The first kappa shape index (κ1) is 16.1. The van der Waals surface area contributed by atoms with Gasteiger partial charge < -0.3 is 5.32 Å². The fraction of sp³-hybridized carbons (Fsp3) is 0.643. The molecule has 5 heteroatoms. The number of nitrogens with zero attached hydrogens (tertiary/aromatic N) is 1. The molecule has 0 saturated carbocycles. The van der Waals surface area contributed by atoms with Gasteiger partial charge in [0.1, 0.15) is 0 Å². The molecule has 1 N–H and O–H groups in total. The highest BCUT2D eigenvalue weighted by Crippen LogP contribution is 2.23. The number of hydrogen-bond acceptors (Lipinski definition) is 4. The number of sulfone groups is 1. The lowest BCUT2D eigenvalue weighted by Gasteiger charge is -2.33. The standard InChI is InChI=1S/C14H24N2O2S/c1-5-8-16-13(14(2,3)19(4,17)18)11-12-6-9-15-10-7-12/h6-7,9-10,13,16H,5,8,11H2,1-4H3. The second-order valence-corrected chi connectivity index (χ2v) is 8.04. The Morgan fingerprint density at radius 1 is 1.32 bits per heavy atom. The minimum absolute atomic E-state index is 0.107. The van der Waals surface area contributed by atoms with Crippen LogP contribution in [0, 0.1) is 0 Å². The summed E-state index contributed by atoms with van der Waals surface area (Å²) in [4.78, 5) is 3.99. The van der Waals surface area contributed by atoms with Crippen molar-refractivity contribution in [2.24, 2.45) is 0 Å². The molecule has 0 fully saturated rings. The van der Waals surface area contributed by atoms with Gasteiger partial charge in [0.2, 0.25) is 0 Å². The molecule has 0 saturated heterocycles. The van der Waals surface area contributed by atoms with Crippen molar-refractivity contribution in [3.05, 3.63) is 30.1 Å². The summed E-state index contributed by atoms with van der Waals surface area (Å²) in [5.41, 5.74) is 1.10. The number of hydrogen-bond donors (Lipinski definition) is 1. The Hall–Kier alpha value is -0.940. The Morgan fingerprint density at radius 3 is 2.37 bits per heavy atom. The zero-order valence-electron chi connectivity index (χ0n) is 12.2. The minimum atomic E-state index is -3.13. The van der Waals surface area contributed by atoms with Gasteiger partial charge in [-0.25, -0.2) is 8.42 Å². The van der Waals surface area contributed by atoms with Gasteiger partial charge in [0.05, 0.1) is 4.75 Å². The van der Waals surface area contributed by atoms with Gasteiger partial charge in [0, 0.05) is 24.7 Å². The molecule has 1 unspecified atom stereocenters. The van der Waals surface area contributed by atoms with Crippen molar-refractivity contribution in [2.75, 3.05) is 12.8 Å². The maximum Gasteiger partial charge on any atom is 0.154 e. The van der Waals surface area contributed by atoms with E-state index in [1.165, 1.54) is 6.26 Å².